The van der Waals surface area contributed by atoms with E-state index in [0.717, 1.165) is 13.1 Å². The molecule has 2 aliphatic heterocycles. The fraction of sp³-hybridized carbons (Fsp3) is 1.00. The van der Waals surface area contributed by atoms with Crippen molar-refractivity contribution in [2.45, 2.75) is 18.6 Å². The molecule has 4 heteroatoms. The number of thioether (sulfide) groups is 1. The maximum atomic E-state index is 5.43. The molecule has 0 aromatic rings. The molecule has 14 heavy (non-hydrogen) atoms. The summed E-state index contributed by atoms with van der Waals surface area (Å²) in [5.41, 5.74) is 0.127. The van der Waals surface area contributed by atoms with Gasteiger partial charge in [0.25, 0.3) is 0 Å². The molecule has 0 aromatic carbocycles. The van der Waals surface area contributed by atoms with Gasteiger partial charge in [-0.25, -0.2) is 0 Å². The highest BCUT2D eigenvalue weighted by Crippen LogP contribution is 2.24. The predicted molar refractivity (Wildman–Crippen MR) is 61.0 cm³/mol. The summed E-state index contributed by atoms with van der Waals surface area (Å²) in [7, 11) is 1.81. The van der Waals surface area contributed by atoms with Gasteiger partial charge in [0.05, 0.1) is 5.60 Å². The number of ether oxygens (including phenoxy) is 1. The summed E-state index contributed by atoms with van der Waals surface area (Å²) in [6.45, 7) is 6.72. The minimum absolute atomic E-state index is 0.127. The zero-order chi connectivity index (χ0) is 10.0. The maximum Gasteiger partial charge on any atom is 0.0903 e. The molecule has 0 saturated carbocycles. The summed E-state index contributed by atoms with van der Waals surface area (Å²) in [6, 6.07) is 0.690. The molecule has 0 radical (unpaired) electrons. The molecule has 2 heterocycles. The van der Waals surface area contributed by atoms with Gasteiger partial charge in [0.15, 0.2) is 0 Å². The molecule has 82 valence electrons. The van der Waals surface area contributed by atoms with Crippen LogP contribution in [0.4, 0.5) is 0 Å². The van der Waals surface area contributed by atoms with E-state index in [1.165, 1.54) is 24.6 Å². The second-order valence-corrected chi connectivity index (χ2v) is 5.70. The highest BCUT2D eigenvalue weighted by molar-refractivity contribution is 7.99. The largest absolute Gasteiger partial charge is 0.376 e. The average molecular weight is 216 g/mol. The number of rotatable bonds is 3. The van der Waals surface area contributed by atoms with Crippen molar-refractivity contribution in [1.29, 1.82) is 0 Å². The Morgan fingerprint density at radius 1 is 1.57 bits per heavy atom. The van der Waals surface area contributed by atoms with E-state index in [1.807, 2.05) is 7.11 Å². The van der Waals surface area contributed by atoms with Crippen LogP contribution in [0.3, 0.4) is 0 Å². The Balaban J connectivity index is 1.68. The van der Waals surface area contributed by atoms with E-state index in [0.29, 0.717) is 6.04 Å². The van der Waals surface area contributed by atoms with Crippen molar-refractivity contribution in [3.63, 3.8) is 0 Å². The fourth-order valence-corrected chi connectivity index (χ4v) is 3.14. The number of hydrogen-bond donors (Lipinski definition) is 1. The molecule has 0 aromatic heterocycles. The molecule has 2 fully saturated rings. The Morgan fingerprint density at radius 3 is 2.93 bits per heavy atom. The van der Waals surface area contributed by atoms with Crippen LogP contribution in [0.5, 0.6) is 0 Å². The molecule has 2 rings (SSSR count). The van der Waals surface area contributed by atoms with Gasteiger partial charge in [-0.05, 0) is 6.92 Å². The number of methoxy groups -OCH3 is 1. The van der Waals surface area contributed by atoms with Crippen LogP contribution in [0.15, 0.2) is 0 Å². The summed E-state index contributed by atoms with van der Waals surface area (Å²) in [5, 5.41) is 3.56. The Morgan fingerprint density at radius 2 is 2.36 bits per heavy atom. The third-order valence-electron chi connectivity index (χ3n) is 3.09. The Kier molecular flexibility index (Phi) is 3.37. The monoisotopic (exact) mass is 216 g/mol. The first-order valence-corrected chi connectivity index (χ1v) is 6.46. The summed E-state index contributed by atoms with van der Waals surface area (Å²) in [5.74, 6) is 2.53. The molecule has 1 atom stereocenters. The number of likely N-dealkylation sites (tertiary alicyclic amines) is 1. The molecule has 3 nitrogen and oxygen atoms in total. The van der Waals surface area contributed by atoms with Gasteiger partial charge in [0.1, 0.15) is 0 Å². The summed E-state index contributed by atoms with van der Waals surface area (Å²) in [6.07, 6.45) is 0. The van der Waals surface area contributed by atoms with Crippen LogP contribution >= 0.6 is 11.8 Å². The van der Waals surface area contributed by atoms with Crippen LogP contribution in [0.25, 0.3) is 0 Å². The van der Waals surface area contributed by atoms with Gasteiger partial charge in [-0.3, -0.25) is 4.90 Å². The summed E-state index contributed by atoms with van der Waals surface area (Å²) in [4.78, 5) is 2.48. The quantitative estimate of drug-likeness (QED) is 0.738. The third kappa shape index (κ3) is 2.42. The maximum absolute atomic E-state index is 5.43. The molecule has 0 bridgehead atoms. The lowest BCUT2D eigenvalue weighted by Crippen LogP contribution is -2.63. The molecular weight excluding hydrogens is 196 g/mol. The second-order valence-electron chi connectivity index (χ2n) is 4.55. The standard InChI is InChI=1S/C10H20N2OS/c1-10(13-2)7-12(8-10)5-9-6-14-4-3-11-9/h9,11H,3-8H2,1-2H3. The SMILES string of the molecule is COC1(C)CN(CC2CSCCN2)C1. The molecule has 0 amide bonds. The van der Waals surface area contributed by atoms with Gasteiger partial charge < -0.3 is 10.1 Å². The smallest absolute Gasteiger partial charge is 0.0903 e. The highest BCUT2D eigenvalue weighted by Gasteiger charge is 2.39. The third-order valence-corrected chi connectivity index (χ3v) is 4.22. The van der Waals surface area contributed by atoms with Crippen LogP contribution in [0, 0.1) is 0 Å². The first kappa shape index (κ1) is 10.7. The minimum Gasteiger partial charge on any atom is -0.376 e. The second kappa shape index (κ2) is 4.39. The van der Waals surface area contributed by atoms with E-state index < -0.39 is 0 Å². The number of nitrogens with zero attached hydrogens (tertiary/aromatic N) is 1. The van der Waals surface area contributed by atoms with Crippen LogP contribution in [0.2, 0.25) is 0 Å². The molecule has 0 aliphatic carbocycles. The Labute approximate surface area is 90.6 Å². The van der Waals surface area contributed by atoms with Crippen molar-refractivity contribution in [1.82, 2.24) is 10.2 Å². The van der Waals surface area contributed by atoms with Crippen LogP contribution in [0.1, 0.15) is 6.92 Å². The molecule has 1 unspecified atom stereocenters. The summed E-state index contributed by atoms with van der Waals surface area (Å²) < 4.78 is 5.43. The van der Waals surface area contributed by atoms with Gasteiger partial charge in [-0.1, -0.05) is 0 Å². The van der Waals surface area contributed by atoms with Crippen molar-refractivity contribution in [2.24, 2.45) is 0 Å². The minimum atomic E-state index is 0.127. The van der Waals surface area contributed by atoms with Gasteiger partial charge in [-0.15, -0.1) is 0 Å². The van der Waals surface area contributed by atoms with Crippen LogP contribution in [-0.4, -0.2) is 61.3 Å². The van der Waals surface area contributed by atoms with Crippen molar-refractivity contribution >= 4 is 11.8 Å². The highest BCUT2D eigenvalue weighted by atomic mass is 32.2. The summed E-state index contributed by atoms with van der Waals surface area (Å²) >= 11 is 2.06. The first-order chi connectivity index (χ1) is 6.72. The molecule has 0 spiro atoms. The molecule has 2 aliphatic rings. The lowest BCUT2D eigenvalue weighted by Gasteiger charge is -2.48. The lowest BCUT2D eigenvalue weighted by atomic mass is 9.96. The zero-order valence-electron chi connectivity index (χ0n) is 9.08. The van der Waals surface area contributed by atoms with Crippen molar-refractivity contribution in [3.05, 3.63) is 0 Å². The molecule has 2 saturated heterocycles. The average Bonchev–Trinajstić information content (AvgIpc) is 2.17. The normalized spacial score (nSPS) is 32.6. The molecule has 1 N–H and O–H groups in total. The van der Waals surface area contributed by atoms with Crippen molar-refractivity contribution in [2.75, 3.05) is 44.8 Å². The van der Waals surface area contributed by atoms with Gasteiger partial charge in [0, 0.05) is 50.8 Å². The van der Waals surface area contributed by atoms with Gasteiger partial charge >= 0.3 is 0 Å². The number of hydrogen-bond acceptors (Lipinski definition) is 4. The molecular formula is C10H20N2OS. The Bertz CT molecular complexity index is 189. The predicted octanol–water partition coefficient (Wildman–Crippen LogP) is 0.412. The zero-order valence-corrected chi connectivity index (χ0v) is 9.90. The van der Waals surface area contributed by atoms with Gasteiger partial charge in [0.2, 0.25) is 0 Å². The number of nitrogens with one attached hydrogen (secondary N) is 1. The van der Waals surface area contributed by atoms with Crippen molar-refractivity contribution < 1.29 is 4.74 Å². The first-order valence-electron chi connectivity index (χ1n) is 5.30. The van der Waals surface area contributed by atoms with Crippen LogP contribution < -0.4 is 5.32 Å². The van der Waals surface area contributed by atoms with E-state index in [1.54, 1.807) is 0 Å². The lowest BCUT2D eigenvalue weighted by molar-refractivity contribution is -0.112. The Hall–Kier alpha value is 0.230. The van der Waals surface area contributed by atoms with Gasteiger partial charge in [-0.2, -0.15) is 11.8 Å². The van der Waals surface area contributed by atoms with Crippen molar-refractivity contribution in [3.8, 4) is 0 Å². The fourth-order valence-electron chi connectivity index (χ4n) is 2.21. The van der Waals surface area contributed by atoms with E-state index in [4.69, 9.17) is 4.74 Å². The van der Waals surface area contributed by atoms with E-state index in [9.17, 15) is 0 Å². The van der Waals surface area contributed by atoms with E-state index >= 15 is 0 Å². The van der Waals surface area contributed by atoms with Crippen LogP contribution in [-0.2, 0) is 4.74 Å². The van der Waals surface area contributed by atoms with E-state index in [2.05, 4.69) is 28.9 Å². The van der Waals surface area contributed by atoms with E-state index in [-0.39, 0.29) is 5.60 Å². The topological polar surface area (TPSA) is 24.5 Å².